The number of nitrogens with one attached hydrogen (secondary N) is 2. The summed E-state index contributed by atoms with van der Waals surface area (Å²) in [7, 11) is 0. The molecule has 0 aliphatic rings. The number of anilines is 2. The van der Waals surface area contributed by atoms with Crippen molar-refractivity contribution in [3.05, 3.63) is 24.3 Å². The van der Waals surface area contributed by atoms with E-state index in [9.17, 15) is 10.2 Å². The molecule has 150 valence electrons. The van der Waals surface area contributed by atoms with Gasteiger partial charge >= 0.3 is 0 Å². The maximum absolute atomic E-state index is 10.5. The summed E-state index contributed by atoms with van der Waals surface area (Å²) >= 11 is 0. The second-order valence-corrected chi connectivity index (χ2v) is 8.88. The Hall–Kier alpha value is -1.26. The molecule has 0 radical (unpaired) electrons. The van der Waals surface area contributed by atoms with Gasteiger partial charge in [-0.15, -0.1) is 0 Å². The van der Waals surface area contributed by atoms with Crippen LogP contribution in [0.5, 0.6) is 0 Å². The van der Waals surface area contributed by atoms with Crippen LogP contribution in [0.4, 0.5) is 11.4 Å². The van der Waals surface area contributed by atoms with Gasteiger partial charge < -0.3 is 20.8 Å². The Morgan fingerprint density at radius 1 is 0.615 bits per heavy atom. The van der Waals surface area contributed by atoms with Crippen molar-refractivity contribution < 1.29 is 10.2 Å². The lowest BCUT2D eigenvalue weighted by Gasteiger charge is -2.32. The van der Waals surface area contributed by atoms with Crippen LogP contribution in [-0.2, 0) is 0 Å². The lowest BCUT2D eigenvalue weighted by atomic mass is 9.90. The van der Waals surface area contributed by atoms with E-state index < -0.39 is 12.2 Å². The zero-order valence-electron chi connectivity index (χ0n) is 17.8. The van der Waals surface area contributed by atoms with Gasteiger partial charge in [0, 0.05) is 11.4 Å². The van der Waals surface area contributed by atoms with Gasteiger partial charge in [-0.3, -0.25) is 0 Å². The first kappa shape index (κ1) is 22.8. The van der Waals surface area contributed by atoms with E-state index in [-0.39, 0.29) is 23.9 Å². The van der Waals surface area contributed by atoms with E-state index in [2.05, 4.69) is 44.4 Å². The van der Waals surface area contributed by atoms with Gasteiger partial charge in [0.05, 0.1) is 24.3 Å². The molecule has 0 aromatic heterocycles. The molecule has 0 spiro atoms. The maximum Gasteiger partial charge on any atom is 0.0766 e. The second-order valence-electron chi connectivity index (χ2n) is 8.88. The highest BCUT2D eigenvalue weighted by molar-refractivity contribution is 5.57. The molecule has 0 heterocycles. The summed E-state index contributed by atoms with van der Waals surface area (Å²) < 4.78 is 0. The molecule has 4 nitrogen and oxygen atoms in total. The number of benzene rings is 1. The lowest BCUT2D eigenvalue weighted by Crippen LogP contribution is -2.41. The van der Waals surface area contributed by atoms with Crippen molar-refractivity contribution in [1.82, 2.24) is 0 Å². The van der Waals surface area contributed by atoms with E-state index in [4.69, 9.17) is 0 Å². The number of aliphatic hydroxyl groups excluding tert-OH is 2. The van der Waals surface area contributed by atoms with Crippen molar-refractivity contribution in [2.24, 2.45) is 23.7 Å². The van der Waals surface area contributed by atoms with Crippen LogP contribution >= 0.6 is 0 Å². The average Bonchev–Trinajstić information content (AvgIpc) is 2.56. The largest absolute Gasteiger partial charge is 0.391 e. The summed E-state index contributed by atoms with van der Waals surface area (Å²) in [5.74, 6) is 1.02. The third kappa shape index (κ3) is 6.48. The predicted octanol–water partition coefficient (Wildman–Crippen LogP) is 4.59. The van der Waals surface area contributed by atoms with Crippen molar-refractivity contribution in [1.29, 1.82) is 0 Å². The van der Waals surface area contributed by atoms with E-state index in [1.807, 2.05) is 45.9 Å². The van der Waals surface area contributed by atoms with E-state index in [1.54, 1.807) is 0 Å². The van der Waals surface area contributed by atoms with Crippen LogP contribution < -0.4 is 10.6 Å². The fourth-order valence-electron chi connectivity index (χ4n) is 3.21. The van der Waals surface area contributed by atoms with E-state index in [1.165, 1.54) is 0 Å². The van der Waals surface area contributed by atoms with E-state index in [0.29, 0.717) is 11.8 Å². The number of aliphatic hydroxyl groups is 2. The first-order valence-electron chi connectivity index (χ1n) is 10.0. The molecule has 4 atom stereocenters. The molecule has 1 aromatic rings. The van der Waals surface area contributed by atoms with Gasteiger partial charge in [-0.2, -0.15) is 0 Å². The summed E-state index contributed by atoms with van der Waals surface area (Å²) in [6.45, 7) is 16.7. The molecular formula is C22H40N2O2. The van der Waals surface area contributed by atoms with Gasteiger partial charge in [-0.05, 0) is 41.9 Å². The van der Waals surface area contributed by atoms with Crippen molar-refractivity contribution in [2.45, 2.75) is 79.7 Å². The Bertz CT molecular complexity index is 485. The minimum Gasteiger partial charge on any atom is -0.391 e. The average molecular weight is 365 g/mol. The molecule has 4 unspecified atom stereocenters. The highest BCUT2D eigenvalue weighted by Crippen LogP contribution is 2.24. The zero-order chi connectivity index (χ0) is 20.0. The standard InChI is InChI=1S/C22H40N2O2/c1-13(2)19(21(25)15(5)6)23-17-10-9-11-18(12-17)24-20(14(3)4)22(26)16(7)8/h9-16,19-26H,1-8H3. The summed E-state index contributed by atoms with van der Waals surface area (Å²) in [5.41, 5.74) is 1.96. The molecule has 0 aliphatic heterocycles. The molecule has 0 amide bonds. The predicted molar refractivity (Wildman–Crippen MR) is 113 cm³/mol. The second kappa shape index (κ2) is 10.2. The van der Waals surface area contributed by atoms with Gasteiger partial charge in [0.25, 0.3) is 0 Å². The number of hydrogen-bond donors (Lipinski definition) is 4. The lowest BCUT2D eigenvalue weighted by molar-refractivity contribution is 0.0891. The minimum absolute atomic E-state index is 0.00704. The molecule has 0 saturated carbocycles. The SMILES string of the molecule is CC(C)C(O)C(Nc1cccc(NC(C(C)C)C(O)C(C)C)c1)C(C)C. The summed E-state index contributed by atoms with van der Waals surface area (Å²) in [6, 6.07) is 8.10. The smallest absolute Gasteiger partial charge is 0.0766 e. The van der Waals surface area contributed by atoms with Crippen LogP contribution in [0, 0.1) is 23.7 Å². The third-order valence-electron chi connectivity index (χ3n) is 5.07. The fourth-order valence-corrected chi connectivity index (χ4v) is 3.21. The molecule has 0 saturated heterocycles. The van der Waals surface area contributed by atoms with Crippen molar-refractivity contribution >= 4 is 11.4 Å². The number of rotatable bonds is 10. The Labute approximate surface area is 160 Å². The Morgan fingerprint density at radius 2 is 0.962 bits per heavy atom. The highest BCUT2D eigenvalue weighted by Gasteiger charge is 2.26. The van der Waals surface area contributed by atoms with Crippen molar-refractivity contribution in [2.75, 3.05) is 10.6 Å². The van der Waals surface area contributed by atoms with Gasteiger partial charge in [-0.1, -0.05) is 61.5 Å². The van der Waals surface area contributed by atoms with Crippen LogP contribution in [0.3, 0.4) is 0 Å². The minimum atomic E-state index is -0.405. The van der Waals surface area contributed by atoms with Crippen LogP contribution in [0.15, 0.2) is 24.3 Å². The third-order valence-corrected chi connectivity index (χ3v) is 5.07. The molecule has 4 N–H and O–H groups in total. The van der Waals surface area contributed by atoms with Gasteiger partial charge in [-0.25, -0.2) is 0 Å². The van der Waals surface area contributed by atoms with Gasteiger partial charge in [0.2, 0.25) is 0 Å². The van der Waals surface area contributed by atoms with E-state index in [0.717, 1.165) is 11.4 Å². The van der Waals surface area contributed by atoms with Gasteiger partial charge in [0.15, 0.2) is 0 Å². The molecule has 26 heavy (non-hydrogen) atoms. The van der Waals surface area contributed by atoms with Gasteiger partial charge in [0.1, 0.15) is 0 Å². The monoisotopic (exact) mass is 364 g/mol. The van der Waals surface area contributed by atoms with Crippen molar-refractivity contribution in [3.8, 4) is 0 Å². The molecule has 0 fully saturated rings. The highest BCUT2D eigenvalue weighted by atomic mass is 16.3. The molecule has 1 rings (SSSR count). The zero-order valence-corrected chi connectivity index (χ0v) is 17.8. The normalized spacial score (nSPS) is 16.8. The first-order valence-corrected chi connectivity index (χ1v) is 10.0. The molecule has 0 bridgehead atoms. The summed E-state index contributed by atoms with van der Waals surface area (Å²) in [4.78, 5) is 0. The van der Waals surface area contributed by atoms with E-state index >= 15 is 0 Å². The summed E-state index contributed by atoms with van der Waals surface area (Å²) in [5, 5.41) is 28.1. The Balaban J connectivity index is 2.95. The first-order chi connectivity index (χ1) is 12.0. The molecule has 4 heteroatoms. The number of hydrogen-bond acceptors (Lipinski definition) is 4. The Kier molecular flexibility index (Phi) is 8.91. The van der Waals surface area contributed by atoms with Crippen LogP contribution in [0.25, 0.3) is 0 Å². The van der Waals surface area contributed by atoms with Crippen LogP contribution in [0.2, 0.25) is 0 Å². The van der Waals surface area contributed by atoms with Crippen molar-refractivity contribution in [3.63, 3.8) is 0 Å². The maximum atomic E-state index is 10.5. The molecule has 1 aromatic carbocycles. The van der Waals surface area contributed by atoms with Crippen LogP contribution in [0.1, 0.15) is 55.4 Å². The Morgan fingerprint density at radius 3 is 1.23 bits per heavy atom. The quantitative estimate of drug-likeness (QED) is 0.490. The fraction of sp³-hybridized carbons (Fsp3) is 0.727. The summed E-state index contributed by atoms with van der Waals surface area (Å²) in [6.07, 6.45) is -0.810. The topological polar surface area (TPSA) is 64.5 Å². The van der Waals surface area contributed by atoms with Crippen LogP contribution in [-0.4, -0.2) is 34.5 Å². The molecule has 0 aliphatic carbocycles. The molecular weight excluding hydrogens is 324 g/mol.